The molecule has 102 valence electrons. The van der Waals surface area contributed by atoms with Gasteiger partial charge in [-0.3, -0.25) is 4.79 Å². The second kappa shape index (κ2) is 8.10. The summed E-state index contributed by atoms with van der Waals surface area (Å²) < 4.78 is 4.43. The number of amides is 2. The van der Waals surface area contributed by atoms with Crippen LogP contribution in [0.3, 0.4) is 0 Å². The van der Waals surface area contributed by atoms with Crippen LogP contribution in [0.5, 0.6) is 0 Å². The van der Waals surface area contributed by atoms with E-state index in [1.165, 1.54) is 25.1 Å². The highest BCUT2D eigenvalue weighted by Gasteiger charge is 2.20. The normalized spacial score (nSPS) is 11.2. The zero-order valence-corrected chi connectivity index (χ0v) is 10.5. The quantitative estimate of drug-likeness (QED) is 0.503. The van der Waals surface area contributed by atoms with E-state index in [4.69, 9.17) is 5.11 Å². The minimum atomic E-state index is -1.13. The second-order valence-electron chi connectivity index (χ2n) is 3.61. The molecule has 7 heteroatoms. The molecule has 1 atom stereocenters. The fourth-order valence-electron chi connectivity index (χ4n) is 1.11. The molecular formula is C11H18N2O5. The number of carbonyl (C=O) groups excluding carboxylic acids is 2. The average molecular weight is 258 g/mol. The fraction of sp³-hybridized carbons (Fsp3) is 0.545. The van der Waals surface area contributed by atoms with Gasteiger partial charge in [-0.2, -0.15) is 0 Å². The lowest BCUT2D eigenvalue weighted by Gasteiger charge is -2.20. The molecule has 0 aromatic carbocycles. The molecule has 0 rings (SSSR count). The first-order chi connectivity index (χ1) is 8.42. The topological polar surface area (TPSA) is 95.9 Å². The van der Waals surface area contributed by atoms with E-state index in [0.717, 1.165) is 0 Å². The average Bonchev–Trinajstić information content (AvgIpc) is 2.34. The van der Waals surface area contributed by atoms with E-state index in [-0.39, 0.29) is 19.4 Å². The van der Waals surface area contributed by atoms with Gasteiger partial charge >= 0.3 is 18.0 Å². The number of aliphatic carboxylic acids is 1. The first-order valence-corrected chi connectivity index (χ1v) is 5.34. The Hall–Kier alpha value is -2.05. The summed E-state index contributed by atoms with van der Waals surface area (Å²) in [5, 5.41) is 11.2. The minimum Gasteiger partial charge on any atom is -0.480 e. The smallest absolute Gasteiger partial charge is 0.326 e. The van der Waals surface area contributed by atoms with Crippen molar-refractivity contribution in [2.45, 2.75) is 18.9 Å². The van der Waals surface area contributed by atoms with Gasteiger partial charge in [0.25, 0.3) is 0 Å². The van der Waals surface area contributed by atoms with Crippen LogP contribution in [-0.4, -0.2) is 54.7 Å². The Morgan fingerprint density at radius 1 is 1.50 bits per heavy atom. The van der Waals surface area contributed by atoms with Crippen molar-refractivity contribution in [1.82, 2.24) is 10.2 Å². The van der Waals surface area contributed by atoms with E-state index in [1.54, 1.807) is 0 Å². The number of hydrogen-bond acceptors (Lipinski definition) is 4. The zero-order chi connectivity index (χ0) is 14.1. The van der Waals surface area contributed by atoms with Crippen LogP contribution in [0.1, 0.15) is 12.8 Å². The fourth-order valence-corrected chi connectivity index (χ4v) is 1.11. The van der Waals surface area contributed by atoms with Crippen molar-refractivity contribution >= 4 is 18.0 Å². The van der Waals surface area contributed by atoms with E-state index in [1.807, 2.05) is 0 Å². The van der Waals surface area contributed by atoms with Crippen LogP contribution in [0.25, 0.3) is 0 Å². The molecule has 7 nitrogen and oxygen atoms in total. The molecule has 18 heavy (non-hydrogen) atoms. The summed E-state index contributed by atoms with van der Waals surface area (Å²) >= 11 is 0. The number of urea groups is 1. The van der Waals surface area contributed by atoms with Crippen molar-refractivity contribution in [3.8, 4) is 0 Å². The first kappa shape index (κ1) is 16.0. The van der Waals surface area contributed by atoms with E-state index in [2.05, 4.69) is 16.6 Å². The molecule has 0 bridgehead atoms. The van der Waals surface area contributed by atoms with Crippen LogP contribution in [0, 0.1) is 0 Å². The van der Waals surface area contributed by atoms with Crippen LogP contribution in [0.4, 0.5) is 4.79 Å². The molecule has 0 radical (unpaired) electrons. The lowest BCUT2D eigenvalue weighted by atomic mass is 10.2. The number of esters is 1. The van der Waals surface area contributed by atoms with Crippen molar-refractivity contribution in [2.24, 2.45) is 0 Å². The number of carbonyl (C=O) groups is 3. The molecule has 0 saturated carbocycles. The van der Waals surface area contributed by atoms with Gasteiger partial charge in [0.1, 0.15) is 6.04 Å². The van der Waals surface area contributed by atoms with Crippen molar-refractivity contribution < 1.29 is 24.2 Å². The molecule has 0 aromatic heterocycles. The van der Waals surface area contributed by atoms with Crippen molar-refractivity contribution in [2.75, 3.05) is 20.7 Å². The van der Waals surface area contributed by atoms with Crippen molar-refractivity contribution in [3.05, 3.63) is 12.7 Å². The Balaban J connectivity index is 4.24. The van der Waals surface area contributed by atoms with E-state index >= 15 is 0 Å². The first-order valence-electron chi connectivity index (χ1n) is 5.34. The zero-order valence-electron chi connectivity index (χ0n) is 10.5. The van der Waals surface area contributed by atoms with Gasteiger partial charge in [0.05, 0.1) is 13.5 Å². The summed E-state index contributed by atoms with van der Waals surface area (Å²) in [7, 11) is 2.72. The molecule has 0 aliphatic carbocycles. The predicted octanol–water partition coefficient (Wildman–Crippen LogP) is 0.220. The molecule has 1 unspecified atom stereocenters. The maximum atomic E-state index is 11.6. The highest BCUT2D eigenvalue weighted by atomic mass is 16.5. The second-order valence-corrected chi connectivity index (χ2v) is 3.61. The Bertz CT molecular complexity index is 329. The molecule has 0 spiro atoms. The number of carboxylic acid groups (broad SMARTS) is 1. The maximum Gasteiger partial charge on any atom is 0.326 e. The lowest BCUT2D eigenvalue weighted by Crippen LogP contribution is -2.46. The van der Waals surface area contributed by atoms with E-state index < -0.39 is 24.0 Å². The van der Waals surface area contributed by atoms with Crippen LogP contribution < -0.4 is 5.32 Å². The van der Waals surface area contributed by atoms with Crippen LogP contribution in [0.15, 0.2) is 12.7 Å². The number of carboxylic acids is 1. The molecule has 2 amide bonds. The number of nitrogens with zero attached hydrogens (tertiary/aromatic N) is 1. The summed E-state index contributed by atoms with van der Waals surface area (Å²) in [4.78, 5) is 34.5. The Kier molecular flexibility index (Phi) is 7.18. The lowest BCUT2D eigenvalue weighted by molar-refractivity contribution is -0.141. The standard InChI is InChI=1S/C11H18N2O5/c1-4-5-8(10(15)16)12-11(17)13(2)7-6-9(14)18-3/h4,8H,1,5-7H2,2-3H3,(H,12,17)(H,15,16). The Labute approximate surface area is 105 Å². The molecule has 0 aromatic rings. The van der Waals surface area contributed by atoms with Gasteiger partial charge in [-0.1, -0.05) is 6.08 Å². The summed E-state index contributed by atoms with van der Waals surface area (Å²) in [5.41, 5.74) is 0. The maximum absolute atomic E-state index is 11.6. The highest BCUT2D eigenvalue weighted by Crippen LogP contribution is 1.97. The third-order valence-electron chi connectivity index (χ3n) is 2.22. The number of hydrogen-bond donors (Lipinski definition) is 2. The largest absolute Gasteiger partial charge is 0.480 e. The minimum absolute atomic E-state index is 0.0552. The molecule has 0 aliphatic heterocycles. The number of ether oxygens (including phenoxy) is 1. The Morgan fingerprint density at radius 3 is 2.56 bits per heavy atom. The van der Waals surface area contributed by atoms with E-state index in [9.17, 15) is 14.4 Å². The molecule has 0 fully saturated rings. The molecule has 2 N–H and O–H groups in total. The van der Waals surface area contributed by atoms with Gasteiger partial charge in [0, 0.05) is 13.6 Å². The summed E-state index contributed by atoms with van der Waals surface area (Å²) in [5.74, 6) is -1.57. The monoisotopic (exact) mass is 258 g/mol. The summed E-state index contributed by atoms with van der Waals surface area (Å²) in [6, 6.07) is -1.58. The van der Waals surface area contributed by atoms with Gasteiger partial charge in [-0.25, -0.2) is 9.59 Å². The molecule has 0 aliphatic rings. The van der Waals surface area contributed by atoms with E-state index in [0.29, 0.717) is 0 Å². The summed E-state index contributed by atoms with van der Waals surface area (Å²) in [6.45, 7) is 3.57. The predicted molar refractivity (Wildman–Crippen MR) is 64.0 cm³/mol. The van der Waals surface area contributed by atoms with Crippen molar-refractivity contribution in [3.63, 3.8) is 0 Å². The highest BCUT2D eigenvalue weighted by molar-refractivity contribution is 5.82. The molecule has 0 heterocycles. The third-order valence-corrected chi connectivity index (χ3v) is 2.22. The molecular weight excluding hydrogens is 240 g/mol. The SMILES string of the molecule is C=CCC(NC(=O)N(C)CCC(=O)OC)C(=O)O. The Morgan fingerprint density at radius 2 is 2.11 bits per heavy atom. The summed E-state index contributed by atoms with van der Waals surface area (Å²) in [6.07, 6.45) is 1.60. The van der Waals surface area contributed by atoms with Gasteiger partial charge in [0.15, 0.2) is 0 Å². The van der Waals surface area contributed by atoms with Crippen molar-refractivity contribution in [1.29, 1.82) is 0 Å². The number of rotatable bonds is 7. The van der Waals surface area contributed by atoms with Gasteiger partial charge in [-0.15, -0.1) is 6.58 Å². The number of nitrogens with one attached hydrogen (secondary N) is 1. The van der Waals surface area contributed by atoms with Crippen LogP contribution >= 0.6 is 0 Å². The number of methoxy groups -OCH3 is 1. The van der Waals surface area contributed by atoms with Gasteiger partial charge in [-0.05, 0) is 6.42 Å². The van der Waals surface area contributed by atoms with Gasteiger partial charge < -0.3 is 20.1 Å². The third kappa shape index (κ3) is 5.88. The van der Waals surface area contributed by atoms with Crippen LogP contribution in [0.2, 0.25) is 0 Å². The van der Waals surface area contributed by atoms with Crippen LogP contribution in [-0.2, 0) is 14.3 Å². The molecule has 0 saturated heterocycles. The van der Waals surface area contributed by atoms with Gasteiger partial charge in [0.2, 0.25) is 0 Å².